The van der Waals surface area contributed by atoms with Crippen LogP contribution in [0.2, 0.25) is 0 Å². The average molecular weight is 367 g/mol. The Morgan fingerprint density at radius 2 is 2.07 bits per heavy atom. The van der Waals surface area contributed by atoms with Crippen LogP contribution in [-0.4, -0.2) is 11.7 Å². The number of fused-ring (bicyclic) bond motifs is 4. The maximum atomic E-state index is 11.0. The minimum Gasteiger partial charge on any atom is -0.318 e. The third kappa shape index (κ3) is 2.87. The van der Waals surface area contributed by atoms with Crippen molar-refractivity contribution in [2.45, 2.75) is 78.6 Å². The van der Waals surface area contributed by atoms with Gasteiger partial charge in [-0.25, -0.2) is 4.79 Å². The van der Waals surface area contributed by atoms with E-state index in [1.54, 1.807) is 11.1 Å². The molecular weight excluding hydrogens is 336 g/mol. The minimum absolute atomic E-state index is 0.176. The Morgan fingerprint density at radius 3 is 2.81 bits per heavy atom. The van der Waals surface area contributed by atoms with Crippen molar-refractivity contribution in [2.75, 3.05) is 0 Å². The molecule has 2 fully saturated rings. The maximum absolute atomic E-state index is 11.0. The summed E-state index contributed by atoms with van der Waals surface area (Å²) < 4.78 is 0. The van der Waals surface area contributed by atoms with Crippen molar-refractivity contribution >= 4 is 11.7 Å². The van der Waals surface area contributed by atoms with Crippen LogP contribution in [0.5, 0.6) is 0 Å². The zero-order valence-corrected chi connectivity index (χ0v) is 16.8. The first-order valence-electron chi connectivity index (χ1n) is 10.4. The first-order chi connectivity index (χ1) is 12.9. The van der Waals surface area contributed by atoms with Gasteiger partial charge in [-0.05, 0) is 91.3 Å². The summed E-state index contributed by atoms with van der Waals surface area (Å²) in [5, 5.41) is 13.4. The molecule has 2 saturated carbocycles. The molecule has 4 aliphatic rings. The molecule has 4 heteroatoms. The zero-order valence-electron chi connectivity index (χ0n) is 16.8. The number of hydrogen-bond donors (Lipinski definition) is 0. The molecule has 0 bridgehead atoms. The van der Waals surface area contributed by atoms with Gasteiger partial charge in [-0.2, -0.15) is 5.26 Å². The highest BCUT2D eigenvalue weighted by Gasteiger charge is 2.58. The van der Waals surface area contributed by atoms with E-state index in [-0.39, 0.29) is 11.4 Å². The predicted molar refractivity (Wildman–Crippen MR) is 105 cm³/mol. The van der Waals surface area contributed by atoms with E-state index in [0.29, 0.717) is 17.8 Å². The fourth-order valence-electron chi connectivity index (χ4n) is 6.57. The number of allylic oxidation sites excluding steroid dienone is 4. The van der Waals surface area contributed by atoms with Crippen LogP contribution in [0.1, 0.15) is 78.6 Å². The second-order valence-corrected chi connectivity index (χ2v) is 9.44. The molecule has 0 heterocycles. The molecule has 0 saturated heterocycles. The molecule has 0 spiro atoms. The lowest BCUT2D eigenvalue weighted by atomic mass is 9.52. The lowest BCUT2D eigenvalue weighted by Crippen LogP contribution is -2.44. The van der Waals surface area contributed by atoms with E-state index in [2.05, 4.69) is 31.1 Å². The summed E-state index contributed by atoms with van der Waals surface area (Å²) in [6, 6.07) is 2.48. The number of nitriles is 1. The molecule has 0 aliphatic heterocycles. The molecule has 0 radical (unpaired) electrons. The van der Waals surface area contributed by atoms with E-state index in [4.69, 9.17) is 4.84 Å². The van der Waals surface area contributed by atoms with Crippen molar-refractivity contribution < 1.29 is 9.63 Å². The van der Waals surface area contributed by atoms with Gasteiger partial charge >= 0.3 is 5.97 Å². The summed E-state index contributed by atoms with van der Waals surface area (Å²) in [5.41, 5.74) is 6.06. The average Bonchev–Trinajstić information content (AvgIpc) is 2.91. The topological polar surface area (TPSA) is 62.4 Å². The van der Waals surface area contributed by atoms with Gasteiger partial charge in [0.15, 0.2) is 0 Å². The molecule has 0 aromatic heterocycles. The summed E-state index contributed by atoms with van der Waals surface area (Å²) in [6.45, 7) is 6.22. The molecular formula is C23H30N2O2. The molecule has 144 valence electrons. The lowest BCUT2D eigenvalue weighted by molar-refractivity contribution is -0.140. The Morgan fingerprint density at radius 1 is 1.26 bits per heavy atom. The van der Waals surface area contributed by atoms with Crippen molar-refractivity contribution in [3.63, 3.8) is 0 Å². The van der Waals surface area contributed by atoms with Crippen molar-refractivity contribution in [3.05, 3.63) is 22.8 Å². The molecule has 4 rings (SSSR count). The molecule has 4 nitrogen and oxygen atoms in total. The Bertz CT molecular complexity index is 800. The van der Waals surface area contributed by atoms with E-state index in [1.165, 1.54) is 44.6 Å². The molecule has 0 aromatic rings. The SMILES string of the molecule is CC(=O)ON=C1C=C2CCC3C(=C2CC1)CC[C@@]1(C)C3CC[C@@]1(C)CC#N. The van der Waals surface area contributed by atoms with Crippen molar-refractivity contribution in [1.29, 1.82) is 5.26 Å². The van der Waals surface area contributed by atoms with E-state index >= 15 is 0 Å². The van der Waals surface area contributed by atoms with Crippen molar-refractivity contribution in [3.8, 4) is 6.07 Å². The van der Waals surface area contributed by atoms with E-state index in [9.17, 15) is 10.1 Å². The zero-order chi connectivity index (χ0) is 19.2. The second-order valence-electron chi connectivity index (χ2n) is 9.44. The number of carbonyl (C=O) groups is 1. The fraction of sp³-hybridized carbons (Fsp3) is 0.696. The third-order valence-corrected chi connectivity index (χ3v) is 8.28. The number of carbonyl (C=O) groups excluding carboxylic acids is 1. The monoisotopic (exact) mass is 366 g/mol. The summed E-state index contributed by atoms with van der Waals surface area (Å²) >= 11 is 0. The molecule has 0 N–H and O–H groups in total. The quantitative estimate of drug-likeness (QED) is 0.481. The van der Waals surface area contributed by atoms with Gasteiger partial charge in [0.1, 0.15) is 0 Å². The maximum Gasteiger partial charge on any atom is 0.331 e. The minimum atomic E-state index is -0.359. The van der Waals surface area contributed by atoms with Crippen LogP contribution in [-0.2, 0) is 9.63 Å². The second kappa shape index (κ2) is 6.62. The van der Waals surface area contributed by atoms with Gasteiger partial charge in [0.2, 0.25) is 0 Å². The summed E-state index contributed by atoms with van der Waals surface area (Å²) in [6.07, 6.45) is 11.9. The van der Waals surface area contributed by atoms with Crippen LogP contribution < -0.4 is 0 Å². The van der Waals surface area contributed by atoms with Crippen LogP contribution in [0.15, 0.2) is 28.0 Å². The molecule has 4 aliphatic carbocycles. The van der Waals surface area contributed by atoms with Crippen LogP contribution in [0, 0.1) is 34.0 Å². The lowest BCUT2D eigenvalue weighted by Gasteiger charge is -2.52. The van der Waals surface area contributed by atoms with Gasteiger partial charge in [0.05, 0.1) is 11.8 Å². The van der Waals surface area contributed by atoms with E-state index in [1.807, 2.05) is 0 Å². The highest BCUT2D eigenvalue weighted by atomic mass is 16.7. The summed E-state index contributed by atoms with van der Waals surface area (Å²) in [5.74, 6) is 1.06. The third-order valence-electron chi connectivity index (χ3n) is 8.28. The largest absolute Gasteiger partial charge is 0.331 e. The Labute approximate surface area is 162 Å². The molecule has 0 aromatic carbocycles. The highest BCUT2D eigenvalue weighted by molar-refractivity contribution is 5.97. The van der Waals surface area contributed by atoms with Gasteiger partial charge in [-0.1, -0.05) is 24.6 Å². The number of rotatable bonds is 2. The van der Waals surface area contributed by atoms with Gasteiger partial charge in [-0.15, -0.1) is 0 Å². The molecule has 0 amide bonds. The van der Waals surface area contributed by atoms with Crippen molar-refractivity contribution in [1.82, 2.24) is 0 Å². The summed E-state index contributed by atoms with van der Waals surface area (Å²) in [7, 11) is 0. The normalized spacial score (nSPS) is 39.2. The molecule has 27 heavy (non-hydrogen) atoms. The van der Waals surface area contributed by atoms with Crippen LogP contribution in [0.4, 0.5) is 0 Å². The number of hydrogen-bond acceptors (Lipinski definition) is 4. The van der Waals surface area contributed by atoms with Gasteiger partial charge in [0.25, 0.3) is 0 Å². The van der Waals surface area contributed by atoms with E-state index < -0.39 is 0 Å². The summed E-state index contributed by atoms with van der Waals surface area (Å²) in [4.78, 5) is 15.9. The smallest absolute Gasteiger partial charge is 0.318 e. The van der Waals surface area contributed by atoms with Gasteiger partial charge in [0, 0.05) is 13.3 Å². The first-order valence-corrected chi connectivity index (χ1v) is 10.4. The Balaban J connectivity index is 1.63. The Kier molecular flexibility index (Phi) is 4.53. The van der Waals surface area contributed by atoms with Crippen LogP contribution in [0.3, 0.4) is 0 Å². The Hall–Kier alpha value is -1.89. The van der Waals surface area contributed by atoms with E-state index in [0.717, 1.165) is 30.9 Å². The fourth-order valence-corrected chi connectivity index (χ4v) is 6.57. The number of nitrogens with zero attached hydrogens (tertiary/aromatic N) is 2. The standard InChI is InChI=1S/C23H30N2O2/c1-15(26)27-25-17-5-7-18-16(14-17)4-6-20-19(18)8-11-23(3)21(20)9-10-22(23,2)12-13-24/h14,20-21H,4-12H2,1-3H3/t20?,21?,22-,23-/m0/s1. The van der Waals surface area contributed by atoms with Crippen LogP contribution in [0.25, 0.3) is 0 Å². The first kappa shape index (κ1) is 18.5. The van der Waals surface area contributed by atoms with Gasteiger partial charge < -0.3 is 4.84 Å². The predicted octanol–water partition coefficient (Wildman–Crippen LogP) is 5.46. The van der Waals surface area contributed by atoms with Crippen LogP contribution >= 0.6 is 0 Å². The highest BCUT2D eigenvalue weighted by Crippen LogP contribution is 2.67. The van der Waals surface area contributed by atoms with Gasteiger partial charge in [-0.3, -0.25) is 0 Å². The van der Waals surface area contributed by atoms with Crippen molar-refractivity contribution in [2.24, 2.45) is 27.8 Å². The molecule has 4 atom stereocenters. The number of oxime groups is 1. The molecule has 2 unspecified atom stereocenters.